The van der Waals surface area contributed by atoms with E-state index >= 15 is 0 Å². The molecule has 0 unspecified atom stereocenters. The number of halogens is 1. The maximum absolute atomic E-state index is 11.5. The minimum Gasteiger partial charge on any atom is -0.491 e. The molecule has 3 N–H and O–H groups in total. The molecule has 0 radical (unpaired) electrons. The lowest BCUT2D eigenvalue weighted by molar-refractivity contribution is 0.110. The monoisotopic (exact) mass is 542 g/mol. The van der Waals surface area contributed by atoms with Crippen LogP contribution in [0.1, 0.15) is 31.9 Å². The molecule has 29 heavy (non-hydrogen) atoms. The first kappa shape index (κ1) is 27.9. The summed E-state index contributed by atoms with van der Waals surface area (Å²) in [4.78, 5) is 4.58. The quantitative estimate of drug-likeness (QED) is 0.153. The van der Waals surface area contributed by atoms with Crippen molar-refractivity contribution in [1.29, 1.82) is 0 Å². The maximum Gasteiger partial charge on any atom is 0.211 e. The zero-order chi connectivity index (χ0) is 20.8. The molecule has 0 aliphatic heterocycles. The van der Waals surface area contributed by atoms with Crippen molar-refractivity contribution in [3.63, 3.8) is 0 Å². The van der Waals surface area contributed by atoms with Gasteiger partial charge in [-0.15, -0.1) is 24.0 Å². The Balaban J connectivity index is 0.00000784. The normalized spacial score (nSPS) is 11.7. The molecule has 10 heteroatoms. The van der Waals surface area contributed by atoms with Crippen LogP contribution in [0.5, 0.6) is 5.75 Å². The molecular weight excluding hydrogens is 507 g/mol. The van der Waals surface area contributed by atoms with E-state index in [0.717, 1.165) is 16.9 Å². The first-order valence-electron chi connectivity index (χ1n) is 9.71. The summed E-state index contributed by atoms with van der Waals surface area (Å²) in [7, 11) is -3.18. The fourth-order valence-electron chi connectivity index (χ4n) is 2.28. The third-order valence-electron chi connectivity index (χ3n) is 3.78. The van der Waals surface area contributed by atoms with E-state index in [0.29, 0.717) is 52.0 Å². The van der Waals surface area contributed by atoms with Crippen molar-refractivity contribution in [1.82, 2.24) is 15.4 Å². The van der Waals surface area contributed by atoms with Gasteiger partial charge in [0.25, 0.3) is 0 Å². The van der Waals surface area contributed by atoms with Gasteiger partial charge in [0, 0.05) is 31.8 Å². The number of ether oxygens (including phenoxy) is 2. The van der Waals surface area contributed by atoms with E-state index in [1.807, 2.05) is 39.0 Å². The Kier molecular flexibility index (Phi) is 15.1. The van der Waals surface area contributed by atoms with Crippen LogP contribution >= 0.6 is 24.0 Å². The highest BCUT2D eigenvalue weighted by molar-refractivity contribution is 14.0. The molecule has 0 bridgehead atoms. The molecule has 0 aliphatic carbocycles. The average molecular weight is 542 g/mol. The van der Waals surface area contributed by atoms with Crippen molar-refractivity contribution in [3.05, 3.63) is 29.3 Å². The van der Waals surface area contributed by atoms with E-state index < -0.39 is 10.0 Å². The highest BCUT2D eigenvalue weighted by Crippen LogP contribution is 2.21. The first-order chi connectivity index (χ1) is 13.4. The molecule has 1 aromatic rings. The van der Waals surface area contributed by atoms with Crippen molar-refractivity contribution in [2.75, 3.05) is 45.2 Å². The van der Waals surface area contributed by atoms with Crippen LogP contribution in [0.15, 0.2) is 23.2 Å². The second kappa shape index (κ2) is 15.7. The number of sulfonamides is 1. The number of hydrogen-bond donors (Lipinski definition) is 3. The third-order valence-corrected chi connectivity index (χ3v) is 5.19. The smallest absolute Gasteiger partial charge is 0.211 e. The summed E-state index contributed by atoms with van der Waals surface area (Å²) in [5, 5.41) is 6.29. The van der Waals surface area contributed by atoms with Gasteiger partial charge in [-0.3, -0.25) is 0 Å². The molecule has 168 valence electrons. The summed E-state index contributed by atoms with van der Waals surface area (Å²) in [6.45, 7) is 11.2. The van der Waals surface area contributed by atoms with Gasteiger partial charge in [-0.05, 0) is 39.3 Å². The molecule has 0 aromatic heterocycles. The minimum absolute atomic E-state index is 0. The fourth-order valence-corrected chi connectivity index (χ4v) is 2.89. The first-order valence-corrected chi connectivity index (χ1v) is 11.4. The molecule has 0 fully saturated rings. The second-order valence-electron chi connectivity index (χ2n) is 6.08. The molecule has 1 rings (SSSR count). The van der Waals surface area contributed by atoms with Crippen LogP contribution in [-0.2, 0) is 21.3 Å². The van der Waals surface area contributed by atoms with Gasteiger partial charge >= 0.3 is 0 Å². The molecule has 8 nitrogen and oxygen atoms in total. The van der Waals surface area contributed by atoms with Crippen molar-refractivity contribution >= 4 is 40.0 Å². The Morgan fingerprint density at radius 2 is 1.86 bits per heavy atom. The largest absolute Gasteiger partial charge is 0.491 e. The number of nitrogens with zero attached hydrogens (tertiary/aromatic N) is 1. The van der Waals surface area contributed by atoms with Crippen LogP contribution in [0.2, 0.25) is 0 Å². The summed E-state index contributed by atoms with van der Waals surface area (Å²) in [6.07, 6.45) is 0. The Hall–Kier alpha value is -1.11. The summed E-state index contributed by atoms with van der Waals surface area (Å²) in [5.74, 6) is 1.50. The minimum atomic E-state index is -3.18. The second-order valence-corrected chi connectivity index (χ2v) is 8.17. The van der Waals surface area contributed by atoms with Gasteiger partial charge in [-0.2, -0.15) is 0 Å². The molecule has 0 aliphatic rings. The van der Waals surface area contributed by atoms with Gasteiger partial charge in [0.15, 0.2) is 5.96 Å². The van der Waals surface area contributed by atoms with Crippen molar-refractivity contribution in [2.24, 2.45) is 4.99 Å². The van der Waals surface area contributed by atoms with Crippen molar-refractivity contribution < 1.29 is 17.9 Å². The summed E-state index contributed by atoms with van der Waals surface area (Å²) in [5.41, 5.74) is 2.10. The zero-order valence-electron chi connectivity index (χ0n) is 17.8. The summed E-state index contributed by atoms with van der Waals surface area (Å²) in [6, 6.07) is 6.03. The molecule has 1 aromatic carbocycles. The van der Waals surface area contributed by atoms with E-state index in [1.54, 1.807) is 6.92 Å². The highest BCUT2D eigenvalue weighted by atomic mass is 127. The lowest BCUT2D eigenvalue weighted by atomic mass is 10.1. The van der Waals surface area contributed by atoms with Crippen LogP contribution in [-0.4, -0.2) is 59.6 Å². The van der Waals surface area contributed by atoms with Crippen molar-refractivity contribution in [2.45, 2.75) is 34.2 Å². The Morgan fingerprint density at radius 1 is 1.10 bits per heavy atom. The Morgan fingerprint density at radius 3 is 2.52 bits per heavy atom. The number of guanidine groups is 1. The SMILES string of the molecule is CCNC(=NCc1ccc(C)cc1OCCOCC)NCCNS(=O)(=O)CC.I. The number of hydrogen-bond acceptors (Lipinski definition) is 5. The Labute approximate surface area is 192 Å². The number of aliphatic imine (C=N–C) groups is 1. The number of nitrogens with one attached hydrogen (secondary N) is 3. The molecule has 0 heterocycles. The van der Waals surface area contributed by atoms with E-state index in [4.69, 9.17) is 9.47 Å². The average Bonchev–Trinajstić information content (AvgIpc) is 2.67. The molecular formula is C19H35IN4O4S. The predicted molar refractivity (Wildman–Crippen MR) is 129 cm³/mol. The molecule has 0 amide bonds. The van der Waals surface area contributed by atoms with E-state index in [9.17, 15) is 8.42 Å². The van der Waals surface area contributed by atoms with E-state index in [1.165, 1.54) is 0 Å². The molecule has 0 spiro atoms. The summed E-state index contributed by atoms with van der Waals surface area (Å²) >= 11 is 0. The van der Waals surface area contributed by atoms with Gasteiger partial charge in [0.05, 0.1) is 18.9 Å². The van der Waals surface area contributed by atoms with Gasteiger partial charge in [0.2, 0.25) is 10.0 Å². The molecule has 0 saturated heterocycles. The van der Waals surface area contributed by atoms with Gasteiger partial charge in [-0.1, -0.05) is 12.1 Å². The van der Waals surface area contributed by atoms with E-state index in [2.05, 4.69) is 20.3 Å². The molecule has 0 atom stereocenters. The van der Waals surface area contributed by atoms with Crippen LogP contribution in [0.4, 0.5) is 0 Å². The highest BCUT2D eigenvalue weighted by Gasteiger charge is 2.07. The van der Waals surface area contributed by atoms with Crippen LogP contribution in [0.25, 0.3) is 0 Å². The Bertz CT molecular complexity index is 714. The van der Waals surface area contributed by atoms with Gasteiger partial charge < -0.3 is 20.1 Å². The standard InChI is InChI=1S/C19H34N4O4S.HI/c1-5-20-19(21-10-11-23-28(24,25)7-3)22-15-17-9-8-16(4)14-18(17)27-13-12-26-6-2;/h8-9,14,23H,5-7,10-13,15H2,1-4H3,(H2,20,21,22);1H. The number of benzene rings is 1. The zero-order valence-corrected chi connectivity index (χ0v) is 20.9. The third kappa shape index (κ3) is 12.2. The van der Waals surface area contributed by atoms with Crippen molar-refractivity contribution in [3.8, 4) is 5.75 Å². The lowest BCUT2D eigenvalue weighted by Gasteiger charge is -2.14. The van der Waals surface area contributed by atoms with Crippen LogP contribution in [0, 0.1) is 6.92 Å². The lowest BCUT2D eigenvalue weighted by Crippen LogP contribution is -2.41. The number of aryl methyl sites for hydroxylation is 1. The maximum atomic E-state index is 11.5. The van der Waals surface area contributed by atoms with Crippen LogP contribution < -0.4 is 20.1 Å². The molecule has 0 saturated carbocycles. The van der Waals surface area contributed by atoms with Gasteiger partial charge in [-0.25, -0.2) is 18.1 Å². The van der Waals surface area contributed by atoms with E-state index in [-0.39, 0.29) is 29.7 Å². The summed E-state index contributed by atoms with van der Waals surface area (Å²) < 4.78 is 36.6. The fraction of sp³-hybridized carbons (Fsp3) is 0.632. The predicted octanol–water partition coefficient (Wildman–Crippen LogP) is 2.02. The topological polar surface area (TPSA) is 101 Å². The van der Waals surface area contributed by atoms with Crippen LogP contribution in [0.3, 0.4) is 0 Å². The van der Waals surface area contributed by atoms with Gasteiger partial charge in [0.1, 0.15) is 12.4 Å². The number of rotatable bonds is 13.